The van der Waals surface area contributed by atoms with Crippen LogP contribution in [0.2, 0.25) is 0 Å². The maximum absolute atomic E-state index is 9.39. The van der Waals surface area contributed by atoms with E-state index >= 15 is 0 Å². The van der Waals surface area contributed by atoms with Crippen molar-refractivity contribution in [3.05, 3.63) is 29.3 Å². The molecule has 0 aromatic heterocycles. The van der Waals surface area contributed by atoms with E-state index in [0.29, 0.717) is 12.5 Å². The first kappa shape index (κ1) is 16.5. The van der Waals surface area contributed by atoms with E-state index in [1.54, 1.807) is 7.11 Å². The van der Waals surface area contributed by atoms with Gasteiger partial charge in [-0.15, -0.1) is 0 Å². The summed E-state index contributed by atoms with van der Waals surface area (Å²) in [5.74, 6) is 0.537. The van der Waals surface area contributed by atoms with Crippen LogP contribution in [-0.4, -0.2) is 33.9 Å². The Morgan fingerprint density at radius 1 is 1.40 bits per heavy atom. The first-order chi connectivity index (χ1) is 9.62. The molecule has 0 spiro atoms. The zero-order valence-electron chi connectivity index (χ0n) is 12.9. The molecule has 0 aliphatic rings. The lowest BCUT2D eigenvalue weighted by Crippen LogP contribution is -2.31. The van der Waals surface area contributed by atoms with Crippen molar-refractivity contribution in [1.82, 2.24) is 5.32 Å². The van der Waals surface area contributed by atoms with E-state index in [0.717, 1.165) is 36.4 Å². The zero-order chi connectivity index (χ0) is 15.0. The molecule has 1 rings (SSSR count). The summed E-state index contributed by atoms with van der Waals surface area (Å²) >= 11 is 0. The maximum atomic E-state index is 9.39. The highest BCUT2D eigenvalue weighted by molar-refractivity contribution is 5.60. The normalized spacial score (nSPS) is 10.6. The van der Waals surface area contributed by atoms with E-state index in [-0.39, 0.29) is 0 Å². The van der Waals surface area contributed by atoms with Gasteiger partial charge in [-0.3, -0.25) is 0 Å². The Bertz CT molecular complexity index is 452. The number of methoxy groups -OCH3 is 1. The van der Waals surface area contributed by atoms with Gasteiger partial charge in [0.15, 0.2) is 0 Å². The van der Waals surface area contributed by atoms with Crippen molar-refractivity contribution in [2.75, 3.05) is 38.8 Å². The van der Waals surface area contributed by atoms with Gasteiger partial charge >= 0.3 is 0 Å². The molecule has 110 valence electrons. The maximum Gasteiger partial charge on any atom is 0.101 e. The minimum atomic E-state index is 0.537. The number of hydrogen-bond donors (Lipinski definition) is 1. The standard InChI is InChI=1S/C16H25N3O/c1-13(2)12-19(7-8-20-4)16-6-5-14(11-18-3)9-15(16)10-17/h5-6,9,13,18H,7-8,11-12H2,1-4H3. The fourth-order valence-corrected chi connectivity index (χ4v) is 2.21. The largest absolute Gasteiger partial charge is 0.383 e. The van der Waals surface area contributed by atoms with Crippen LogP contribution in [0.25, 0.3) is 0 Å². The van der Waals surface area contributed by atoms with Crippen LogP contribution in [0.15, 0.2) is 18.2 Å². The Balaban J connectivity index is 3.02. The topological polar surface area (TPSA) is 48.3 Å². The number of anilines is 1. The van der Waals surface area contributed by atoms with Crippen molar-refractivity contribution < 1.29 is 4.74 Å². The summed E-state index contributed by atoms with van der Waals surface area (Å²) in [6.07, 6.45) is 0. The van der Waals surface area contributed by atoms with E-state index in [1.807, 2.05) is 19.2 Å². The second-order valence-corrected chi connectivity index (χ2v) is 5.33. The molecule has 1 aromatic carbocycles. The highest BCUT2D eigenvalue weighted by Gasteiger charge is 2.13. The Morgan fingerprint density at radius 3 is 2.70 bits per heavy atom. The summed E-state index contributed by atoms with van der Waals surface area (Å²) in [4.78, 5) is 2.23. The number of ether oxygens (including phenoxy) is 1. The molecule has 4 nitrogen and oxygen atoms in total. The Labute approximate surface area is 122 Å². The number of rotatable bonds is 8. The molecule has 0 bridgehead atoms. The SMILES string of the molecule is CNCc1ccc(N(CCOC)CC(C)C)c(C#N)c1. The minimum absolute atomic E-state index is 0.537. The van der Waals surface area contributed by atoms with E-state index in [1.165, 1.54) is 0 Å². The lowest BCUT2D eigenvalue weighted by molar-refractivity contribution is 0.204. The molecule has 0 fully saturated rings. The molecule has 0 saturated heterocycles. The van der Waals surface area contributed by atoms with E-state index in [4.69, 9.17) is 4.74 Å². The Kier molecular flexibility index (Phi) is 7.06. The number of benzene rings is 1. The van der Waals surface area contributed by atoms with Crippen LogP contribution in [0, 0.1) is 17.2 Å². The van der Waals surface area contributed by atoms with Crippen molar-refractivity contribution in [2.45, 2.75) is 20.4 Å². The third kappa shape index (κ3) is 4.84. The van der Waals surface area contributed by atoms with E-state index in [9.17, 15) is 5.26 Å². The third-order valence-electron chi connectivity index (χ3n) is 3.05. The highest BCUT2D eigenvalue weighted by atomic mass is 16.5. The number of nitrogens with zero attached hydrogens (tertiary/aromatic N) is 2. The molecule has 1 N–H and O–H groups in total. The fraction of sp³-hybridized carbons (Fsp3) is 0.562. The van der Waals surface area contributed by atoms with Gasteiger partial charge in [0.25, 0.3) is 0 Å². The highest BCUT2D eigenvalue weighted by Crippen LogP contribution is 2.22. The van der Waals surface area contributed by atoms with Crippen LogP contribution in [0.5, 0.6) is 0 Å². The van der Waals surface area contributed by atoms with Crippen molar-refractivity contribution in [3.63, 3.8) is 0 Å². The first-order valence-electron chi connectivity index (χ1n) is 7.03. The monoisotopic (exact) mass is 275 g/mol. The summed E-state index contributed by atoms with van der Waals surface area (Å²) in [5.41, 5.74) is 2.86. The number of nitrogens with one attached hydrogen (secondary N) is 1. The summed E-state index contributed by atoms with van der Waals surface area (Å²) < 4.78 is 5.18. The molecule has 0 saturated carbocycles. The van der Waals surface area contributed by atoms with Crippen molar-refractivity contribution in [3.8, 4) is 6.07 Å². The van der Waals surface area contributed by atoms with Crippen LogP contribution < -0.4 is 10.2 Å². The van der Waals surface area contributed by atoms with E-state index < -0.39 is 0 Å². The van der Waals surface area contributed by atoms with Crippen LogP contribution >= 0.6 is 0 Å². The predicted octanol–water partition coefficient (Wildman–Crippen LogP) is 2.39. The second kappa shape index (κ2) is 8.57. The average molecular weight is 275 g/mol. The van der Waals surface area contributed by atoms with Gasteiger partial charge in [0.2, 0.25) is 0 Å². The molecular weight excluding hydrogens is 250 g/mol. The Morgan fingerprint density at radius 2 is 2.15 bits per heavy atom. The smallest absolute Gasteiger partial charge is 0.101 e. The van der Waals surface area contributed by atoms with Crippen molar-refractivity contribution in [1.29, 1.82) is 5.26 Å². The molecular formula is C16H25N3O. The van der Waals surface area contributed by atoms with E-state index in [2.05, 4.69) is 36.2 Å². The van der Waals surface area contributed by atoms with Crippen LogP contribution in [0.1, 0.15) is 25.0 Å². The quantitative estimate of drug-likeness (QED) is 0.791. The molecule has 0 amide bonds. The van der Waals surface area contributed by atoms with Gasteiger partial charge in [-0.25, -0.2) is 0 Å². The summed E-state index contributed by atoms with van der Waals surface area (Å²) in [6, 6.07) is 8.40. The second-order valence-electron chi connectivity index (χ2n) is 5.33. The molecule has 20 heavy (non-hydrogen) atoms. The van der Waals surface area contributed by atoms with Crippen molar-refractivity contribution in [2.24, 2.45) is 5.92 Å². The molecule has 0 radical (unpaired) electrons. The molecule has 0 heterocycles. The van der Waals surface area contributed by atoms with Crippen LogP contribution in [0.4, 0.5) is 5.69 Å². The third-order valence-corrected chi connectivity index (χ3v) is 3.05. The van der Waals surface area contributed by atoms with Crippen LogP contribution in [-0.2, 0) is 11.3 Å². The lowest BCUT2D eigenvalue weighted by Gasteiger charge is -2.27. The molecule has 0 aliphatic carbocycles. The lowest BCUT2D eigenvalue weighted by atomic mass is 10.1. The van der Waals surface area contributed by atoms with Gasteiger partial charge in [0.05, 0.1) is 17.9 Å². The summed E-state index contributed by atoms with van der Waals surface area (Å²) in [6.45, 7) is 7.52. The summed E-state index contributed by atoms with van der Waals surface area (Å²) in [5, 5.41) is 12.5. The fourth-order valence-electron chi connectivity index (χ4n) is 2.21. The van der Waals surface area contributed by atoms with Gasteiger partial charge in [-0.2, -0.15) is 5.26 Å². The van der Waals surface area contributed by atoms with Gasteiger partial charge in [-0.1, -0.05) is 19.9 Å². The zero-order valence-corrected chi connectivity index (χ0v) is 12.9. The molecule has 0 aliphatic heterocycles. The minimum Gasteiger partial charge on any atom is -0.383 e. The number of nitriles is 1. The predicted molar refractivity (Wildman–Crippen MR) is 82.8 cm³/mol. The van der Waals surface area contributed by atoms with Gasteiger partial charge < -0.3 is 15.0 Å². The summed E-state index contributed by atoms with van der Waals surface area (Å²) in [7, 11) is 3.61. The molecule has 0 unspecified atom stereocenters. The molecule has 4 heteroatoms. The van der Waals surface area contributed by atoms with Gasteiger partial charge in [0, 0.05) is 26.7 Å². The van der Waals surface area contributed by atoms with Gasteiger partial charge in [0.1, 0.15) is 6.07 Å². The first-order valence-corrected chi connectivity index (χ1v) is 7.03. The number of hydrogen-bond acceptors (Lipinski definition) is 4. The Hall–Kier alpha value is -1.57. The average Bonchev–Trinajstić information content (AvgIpc) is 2.43. The van der Waals surface area contributed by atoms with Gasteiger partial charge in [-0.05, 0) is 30.7 Å². The molecule has 0 atom stereocenters. The molecule has 1 aromatic rings. The van der Waals surface area contributed by atoms with Crippen LogP contribution in [0.3, 0.4) is 0 Å². The van der Waals surface area contributed by atoms with Crippen molar-refractivity contribution >= 4 is 5.69 Å².